The van der Waals surface area contributed by atoms with Crippen molar-refractivity contribution in [2.24, 2.45) is 0 Å². The maximum Gasteiger partial charge on any atom is 0.131 e. The number of benzene rings is 2. The van der Waals surface area contributed by atoms with Crippen LogP contribution in [0.1, 0.15) is 11.1 Å². The van der Waals surface area contributed by atoms with Crippen molar-refractivity contribution in [3.63, 3.8) is 0 Å². The third kappa shape index (κ3) is 3.62. The second kappa shape index (κ2) is 6.60. The Balaban J connectivity index is 2.19. The van der Waals surface area contributed by atoms with Crippen molar-refractivity contribution in [2.75, 3.05) is 0 Å². The molecule has 0 unspecified atom stereocenters. The maximum atomic E-state index is 13.6. The molecule has 0 fully saturated rings. The van der Waals surface area contributed by atoms with Crippen molar-refractivity contribution in [3.8, 4) is 5.75 Å². The second-order valence-corrected chi connectivity index (χ2v) is 5.28. The molecule has 2 aromatic rings. The van der Waals surface area contributed by atoms with Gasteiger partial charge in [0.15, 0.2) is 0 Å². The SMILES string of the molecule is Fc1cccc(Cl)c1COc1ccc(Cl)cc1CBr. The van der Waals surface area contributed by atoms with Crippen LogP contribution in [0.4, 0.5) is 4.39 Å². The highest BCUT2D eigenvalue weighted by atomic mass is 79.9. The molecule has 0 atom stereocenters. The Morgan fingerprint density at radius 2 is 1.95 bits per heavy atom. The molecule has 2 aromatic carbocycles. The molecule has 1 nitrogen and oxygen atoms in total. The van der Waals surface area contributed by atoms with Crippen molar-refractivity contribution >= 4 is 39.1 Å². The molecule has 0 aromatic heterocycles. The minimum absolute atomic E-state index is 0.0765. The average molecular weight is 364 g/mol. The van der Waals surface area contributed by atoms with Gasteiger partial charge in [0.1, 0.15) is 18.2 Å². The maximum absolute atomic E-state index is 13.6. The number of hydrogen-bond donors (Lipinski definition) is 0. The molecule has 0 saturated carbocycles. The van der Waals surface area contributed by atoms with E-state index in [1.165, 1.54) is 6.07 Å². The summed E-state index contributed by atoms with van der Waals surface area (Å²) in [7, 11) is 0. The van der Waals surface area contributed by atoms with Gasteiger partial charge in [0.25, 0.3) is 0 Å². The lowest BCUT2D eigenvalue weighted by atomic mass is 10.2. The van der Waals surface area contributed by atoms with E-state index in [2.05, 4.69) is 15.9 Å². The minimum atomic E-state index is -0.373. The normalized spacial score (nSPS) is 10.5. The first kappa shape index (κ1) is 14.6. The standard InChI is InChI=1S/C14H10BrCl2FO/c15-7-9-6-10(16)4-5-14(9)19-8-11-12(17)2-1-3-13(11)18/h1-6H,7-8H2. The number of alkyl halides is 1. The second-order valence-electron chi connectivity index (χ2n) is 3.87. The predicted octanol–water partition coefficient (Wildman–Crippen LogP) is 5.61. The summed E-state index contributed by atoms with van der Waals surface area (Å²) in [4.78, 5) is 0. The fourth-order valence-electron chi connectivity index (χ4n) is 1.61. The van der Waals surface area contributed by atoms with Crippen LogP contribution in [-0.4, -0.2) is 0 Å². The summed E-state index contributed by atoms with van der Waals surface area (Å²) in [5.41, 5.74) is 1.25. The van der Waals surface area contributed by atoms with Crippen LogP contribution < -0.4 is 4.74 Å². The summed E-state index contributed by atoms with van der Waals surface area (Å²) in [6.07, 6.45) is 0. The van der Waals surface area contributed by atoms with Crippen LogP contribution in [0.3, 0.4) is 0 Å². The highest BCUT2D eigenvalue weighted by Crippen LogP contribution is 2.27. The smallest absolute Gasteiger partial charge is 0.131 e. The number of hydrogen-bond acceptors (Lipinski definition) is 1. The van der Waals surface area contributed by atoms with E-state index in [1.54, 1.807) is 30.3 Å². The number of rotatable bonds is 4. The third-order valence-corrected chi connectivity index (χ3v) is 3.79. The molecule has 0 bridgehead atoms. The molecule has 0 amide bonds. The largest absolute Gasteiger partial charge is 0.488 e. The van der Waals surface area contributed by atoms with Crippen molar-refractivity contribution in [1.29, 1.82) is 0 Å². The predicted molar refractivity (Wildman–Crippen MR) is 79.8 cm³/mol. The van der Waals surface area contributed by atoms with E-state index in [1.807, 2.05) is 0 Å². The quantitative estimate of drug-likeness (QED) is 0.642. The molecule has 100 valence electrons. The summed E-state index contributed by atoms with van der Waals surface area (Å²) in [5, 5.41) is 1.59. The van der Waals surface area contributed by atoms with Gasteiger partial charge >= 0.3 is 0 Å². The van der Waals surface area contributed by atoms with E-state index in [4.69, 9.17) is 27.9 Å². The van der Waals surface area contributed by atoms with Gasteiger partial charge < -0.3 is 4.74 Å². The van der Waals surface area contributed by atoms with E-state index < -0.39 is 0 Å². The van der Waals surface area contributed by atoms with Crippen molar-refractivity contribution in [1.82, 2.24) is 0 Å². The molecule has 0 spiro atoms. The van der Waals surface area contributed by atoms with Crippen LogP contribution in [0.2, 0.25) is 10.0 Å². The molecule has 0 aliphatic rings. The summed E-state index contributed by atoms with van der Waals surface area (Å²) < 4.78 is 19.2. The first-order valence-corrected chi connectivity index (χ1v) is 7.39. The first-order chi connectivity index (χ1) is 9.11. The van der Waals surface area contributed by atoms with Gasteiger partial charge in [0.2, 0.25) is 0 Å². The number of halogens is 4. The minimum Gasteiger partial charge on any atom is -0.488 e. The van der Waals surface area contributed by atoms with Gasteiger partial charge in [-0.25, -0.2) is 4.39 Å². The molecule has 0 N–H and O–H groups in total. The summed E-state index contributed by atoms with van der Waals surface area (Å²) in [5.74, 6) is 0.280. The lowest BCUT2D eigenvalue weighted by molar-refractivity contribution is 0.298. The molecular weight excluding hydrogens is 354 g/mol. The van der Waals surface area contributed by atoms with Gasteiger partial charge in [0, 0.05) is 21.5 Å². The summed E-state index contributed by atoms with van der Waals surface area (Å²) in [6.45, 7) is 0.0765. The van der Waals surface area contributed by atoms with Crippen molar-refractivity contribution in [3.05, 3.63) is 63.4 Å². The molecular formula is C14H10BrCl2FO. The zero-order valence-corrected chi connectivity index (χ0v) is 12.9. The molecule has 0 radical (unpaired) electrons. The van der Waals surface area contributed by atoms with Gasteiger partial charge in [-0.2, -0.15) is 0 Å². The van der Waals surface area contributed by atoms with E-state index in [0.717, 1.165) is 5.56 Å². The fraction of sp³-hybridized carbons (Fsp3) is 0.143. The van der Waals surface area contributed by atoms with Gasteiger partial charge in [-0.05, 0) is 30.3 Å². The van der Waals surface area contributed by atoms with E-state index >= 15 is 0 Å². The van der Waals surface area contributed by atoms with Gasteiger partial charge in [-0.3, -0.25) is 0 Å². The van der Waals surface area contributed by atoms with Gasteiger partial charge in [0.05, 0.1) is 5.02 Å². The van der Waals surface area contributed by atoms with Crippen LogP contribution in [0.5, 0.6) is 5.75 Å². The molecule has 0 saturated heterocycles. The van der Waals surface area contributed by atoms with Crippen LogP contribution in [0.25, 0.3) is 0 Å². The number of ether oxygens (including phenoxy) is 1. The summed E-state index contributed by atoms with van der Waals surface area (Å²) in [6, 6.07) is 9.84. The highest BCUT2D eigenvalue weighted by Gasteiger charge is 2.09. The zero-order valence-electron chi connectivity index (χ0n) is 9.80. The monoisotopic (exact) mass is 362 g/mol. The van der Waals surface area contributed by atoms with Gasteiger partial charge in [-0.1, -0.05) is 45.2 Å². The molecule has 0 heterocycles. The van der Waals surface area contributed by atoms with Crippen LogP contribution in [-0.2, 0) is 11.9 Å². The Morgan fingerprint density at radius 1 is 1.16 bits per heavy atom. The zero-order chi connectivity index (χ0) is 13.8. The highest BCUT2D eigenvalue weighted by molar-refractivity contribution is 9.08. The molecule has 5 heteroatoms. The Kier molecular flexibility index (Phi) is 5.08. The fourth-order valence-corrected chi connectivity index (χ4v) is 2.46. The van der Waals surface area contributed by atoms with Crippen LogP contribution >= 0.6 is 39.1 Å². The van der Waals surface area contributed by atoms with Crippen LogP contribution in [0.15, 0.2) is 36.4 Å². The molecule has 2 rings (SSSR count). The Morgan fingerprint density at radius 3 is 2.63 bits per heavy atom. The Labute approximate surface area is 129 Å². The Hall–Kier alpha value is -0.770. The molecule has 0 aliphatic carbocycles. The topological polar surface area (TPSA) is 9.23 Å². The average Bonchev–Trinajstić information content (AvgIpc) is 2.39. The third-order valence-electron chi connectivity index (χ3n) is 2.60. The van der Waals surface area contributed by atoms with Gasteiger partial charge in [-0.15, -0.1) is 0 Å². The first-order valence-electron chi connectivity index (χ1n) is 5.52. The molecule has 19 heavy (non-hydrogen) atoms. The lowest BCUT2D eigenvalue weighted by Crippen LogP contribution is -2.01. The van der Waals surface area contributed by atoms with Crippen LogP contribution in [0, 0.1) is 5.82 Å². The summed E-state index contributed by atoms with van der Waals surface area (Å²) >= 11 is 15.2. The Bertz CT molecular complexity index is 569. The van der Waals surface area contributed by atoms with E-state index in [-0.39, 0.29) is 12.4 Å². The lowest BCUT2D eigenvalue weighted by Gasteiger charge is -2.12. The molecule has 0 aliphatic heterocycles. The van der Waals surface area contributed by atoms with Crippen molar-refractivity contribution < 1.29 is 9.13 Å². The van der Waals surface area contributed by atoms with E-state index in [0.29, 0.717) is 26.7 Å². The van der Waals surface area contributed by atoms with E-state index in [9.17, 15) is 4.39 Å². The van der Waals surface area contributed by atoms with Crippen molar-refractivity contribution in [2.45, 2.75) is 11.9 Å².